The molecule has 1 aromatic heterocycles. The highest BCUT2D eigenvalue weighted by molar-refractivity contribution is 6.30. The lowest BCUT2D eigenvalue weighted by Crippen LogP contribution is -2.30. The van der Waals surface area contributed by atoms with Crippen LogP contribution in [-0.4, -0.2) is 21.2 Å². The highest BCUT2D eigenvalue weighted by Gasteiger charge is 2.25. The number of hydrogen-bond donors (Lipinski definition) is 0. The predicted octanol–water partition coefficient (Wildman–Crippen LogP) is 4.78. The third-order valence-corrected chi connectivity index (χ3v) is 5.13. The van der Waals surface area contributed by atoms with Gasteiger partial charge in [-0.05, 0) is 24.6 Å². The third kappa shape index (κ3) is 3.35. The van der Waals surface area contributed by atoms with E-state index in [0.717, 1.165) is 48.9 Å². The van der Waals surface area contributed by atoms with Gasteiger partial charge >= 0.3 is 0 Å². The van der Waals surface area contributed by atoms with Gasteiger partial charge in [0.15, 0.2) is 0 Å². The average Bonchev–Trinajstić information content (AvgIpc) is 3.01. The summed E-state index contributed by atoms with van der Waals surface area (Å²) in [6, 6.07) is 18.7. The Morgan fingerprint density at radius 3 is 2.52 bits per heavy atom. The van der Waals surface area contributed by atoms with E-state index in [9.17, 15) is 0 Å². The van der Waals surface area contributed by atoms with E-state index in [2.05, 4.69) is 59.0 Å². The van der Waals surface area contributed by atoms with E-state index in [4.69, 9.17) is 16.7 Å². The Bertz CT molecular complexity index is 853. The molecule has 0 atom stereocenters. The molecular formula is C21H22ClN3. The fraction of sp³-hybridized carbons (Fsp3) is 0.286. The summed E-state index contributed by atoms with van der Waals surface area (Å²) in [6.07, 6.45) is 1.05. The first kappa shape index (κ1) is 16.4. The number of benzene rings is 2. The van der Waals surface area contributed by atoms with Crippen LogP contribution in [0.3, 0.4) is 0 Å². The molecule has 2 aromatic carbocycles. The Morgan fingerprint density at radius 2 is 1.80 bits per heavy atom. The van der Waals surface area contributed by atoms with Crippen molar-refractivity contribution in [1.29, 1.82) is 0 Å². The Kier molecular flexibility index (Phi) is 4.60. The smallest absolute Gasteiger partial charge is 0.0971 e. The van der Waals surface area contributed by atoms with Crippen molar-refractivity contribution >= 4 is 11.6 Å². The fourth-order valence-corrected chi connectivity index (χ4v) is 3.75. The van der Waals surface area contributed by atoms with E-state index in [1.165, 1.54) is 16.8 Å². The summed E-state index contributed by atoms with van der Waals surface area (Å²) in [4.78, 5) is 2.51. The van der Waals surface area contributed by atoms with Crippen molar-refractivity contribution in [3.05, 3.63) is 76.4 Å². The van der Waals surface area contributed by atoms with E-state index in [1.807, 2.05) is 12.1 Å². The van der Waals surface area contributed by atoms with Gasteiger partial charge in [0.1, 0.15) is 0 Å². The van der Waals surface area contributed by atoms with Crippen molar-refractivity contribution in [2.75, 3.05) is 6.54 Å². The van der Waals surface area contributed by atoms with Gasteiger partial charge in [-0.2, -0.15) is 5.10 Å². The minimum atomic E-state index is 0.762. The number of aryl methyl sites for hydroxylation is 1. The second-order valence-corrected chi connectivity index (χ2v) is 6.98. The standard InChI is InChI=1S/C21H22ClN3/c1-2-25-20-12-13-24(14-16-6-4-3-5-7-16)15-19(20)21(23-25)17-8-10-18(22)11-9-17/h3-11H,2,12-15H2,1H3. The van der Waals surface area contributed by atoms with Crippen LogP contribution in [0.15, 0.2) is 54.6 Å². The fourth-order valence-electron chi connectivity index (χ4n) is 3.62. The van der Waals surface area contributed by atoms with Crippen molar-refractivity contribution in [3.63, 3.8) is 0 Å². The van der Waals surface area contributed by atoms with Crippen LogP contribution in [0.2, 0.25) is 5.02 Å². The van der Waals surface area contributed by atoms with Crippen LogP contribution in [0.5, 0.6) is 0 Å². The van der Waals surface area contributed by atoms with Crippen LogP contribution >= 0.6 is 11.6 Å². The van der Waals surface area contributed by atoms with Gasteiger partial charge in [0.05, 0.1) is 5.69 Å². The monoisotopic (exact) mass is 351 g/mol. The molecule has 3 aromatic rings. The van der Waals surface area contributed by atoms with Crippen molar-refractivity contribution in [3.8, 4) is 11.3 Å². The minimum Gasteiger partial charge on any atom is -0.294 e. The zero-order chi connectivity index (χ0) is 17.2. The van der Waals surface area contributed by atoms with Gasteiger partial charge in [-0.3, -0.25) is 9.58 Å². The number of nitrogens with zero attached hydrogens (tertiary/aromatic N) is 3. The summed E-state index contributed by atoms with van der Waals surface area (Å²) in [5, 5.41) is 5.66. The number of halogens is 1. The van der Waals surface area contributed by atoms with Crippen molar-refractivity contribution in [2.45, 2.75) is 33.0 Å². The molecule has 0 amide bonds. The van der Waals surface area contributed by atoms with Gasteiger partial charge in [0, 0.05) is 54.4 Å². The second kappa shape index (κ2) is 7.03. The predicted molar refractivity (Wildman–Crippen MR) is 103 cm³/mol. The van der Waals surface area contributed by atoms with E-state index >= 15 is 0 Å². The summed E-state index contributed by atoms with van der Waals surface area (Å²) in [5.74, 6) is 0. The minimum absolute atomic E-state index is 0.762. The van der Waals surface area contributed by atoms with Gasteiger partial charge in [-0.1, -0.05) is 54.1 Å². The molecule has 0 fully saturated rings. The van der Waals surface area contributed by atoms with Crippen LogP contribution in [0.1, 0.15) is 23.7 Å². The lowest BCUT2D eigenvalue weighted by molar-refractivity contribution is 0.242. The SMILES string of the molecule is CCn1nc(-c2ccc(Cl)cc2)c2c1CCN(Cc1ccccc1)C2. The average molecular weight is 352 g/mol. The second-order valence-electron chi connectivity index (χ2n) is 6.54. The normalized spacial score (nSPS) is 14.5. The quantitative estimate of drug-likeness (QED) is 0.674. The van der Waals surface area contributed by atoms with E-state index in [1.54, 1.807) is 0 Å². The summed E-state index contributed by atoms with van der Waals surface area (Å²) in [7, 11) is 0. The first-order valence-electron chi connectivity index (χ1n) is 8.85. The van der Waals surface area contributed by atoms with Crippen LogP contribution in [0, 0.1) is 0 Å². The molecular weight excluding hydrogens is 330 g/mol. The zero-order valence-electron chi connectivity index (χ0n) is 14.5. The van der Waals surface area contributed by atoms with Crippen molar-refractivity contribution in [2.24, 2.45) is 0 Å². The largest absolute Gasteiger partial charge is 0.294 e. The maximum absolute atomic E-state index is 6.05. The van der Waals surface area contributed by atoms with Crippen LogP contribution in [0.4, 0.5) is 0 Å². The molecule has 4 heteroatoms. The lowest BCUT2D eigenvalue weighted by Gasteiger charge is -2.27. The van der Waals surface area contributed by atoms with Crippen LogP contribution < -0.4 is 0 Å². The molecule has 0 saturated heterocycles. The zero-order valence-corrected chi connectivity index (χ0v) is 15.2. The molecule has 0 N–H and O–H groups in total. The van der Waals surface area contributed by atoms with E-state index in [-0.39, 0.29) is 0 Å². The third-order valence-electron chi connectivity index (χ3n) is 4.88. The van der Waals surface area contributed by atoms with Crippen LogP contribution in [0.25, 0.3) is 11.3 Å². The first-order chi connectivity index (χ1) is 12.2. The molecule has 1 aliphatic rings. The Hall–Kier alpha value is -2.10. The molecule has 0 bridgehead atoms. The molecule has 3 nitrogen and oxygen atoms in total. The molecule has 2 heterocycles. The maximum atomic E-state index is 6.05. The summed E-state index contributed by atoms with van der Waals surface area (Å²) in [6.45, 7) is 6.08. The van der Waals surface area contributed by atoms with Gasteiger partial charge in [0.2, 0.25) is 0 Å². The Labute approximate surface area is 153 Å². The molecule has 4 rings (SSSR count). The highest BCUT2D eigenvalue weighted by Crippen LogP contribution is 2.31. The number of rotatable bonds is 4. The molecule has 0 spiro atoms. The molecule has 0 radical (unpaired) electrons. The van der Waals surface area contributed by atoms with Gasteiger partial charge in [0.25, 0.3) is 0 Å². The van der Waals surface area contributed by atoms with E-state index in [0.29, 0.717) is 0 Å². The maximum Gasteiger partial charge on any atom is 0.0971 e. The topological polar surface area (TPSA) is 21.1 Å². The molecule has 128 valence electrons. The van der Waals surface area contributed by atoms with Crippen molar-refractivity contribution < 1.29 is 0 Å². The summed E-state index contributed by atoms with van der Waals surface area (Å²) >= 11 is 6.05. The summed E-state index contributed by atoms with van der Waals surface area (Å²) < 4.78 is 2.17. The lowest BCUT2D eigenvalue weighted by atomic mass is 10.0. The Balaban J connectivity index is 1.65. The number of hydrogen-bond acceptors (Lipinski definition) is 2. The molecule has 0 unspecified atom stereocenters. The molecule has 25 heavy (non-hydrogen) atoms. The van der Waals surface area contributed by atoms with E-state index < -0.39 is 0 Å². The van der Waals surface area contributed by atoms with Gasteiger partial charge < -0.3 is 0 Å². The Morgan fingerprint density at radius 1 is 1.04 bits per heavy atom. The van der Waals surface area contributed by atoms with Gasteiger partial charge in [-0.15, -0.1) is 0 Å². The molecule has 0 saturated carbocycles. The van der Waals surface area contributed by atoms with Gasteiger partial charge in [-0.25, -0.2) is 0 Å². The van der Waals surface area contributed by atoms with Crippen LogP contribution in [-0.2, 0) is 26.1 Å². The van der Waals surface area contributed by atoms with Crippen molar-refractivity contribution in [1.82, 2.24) is 14.7 Å². The first-order valence-corrected chi connectivity index (χ1v) is 9.23. The number of fused-ring (bicyclic) bond motifs is 1. The molecule has 0 aliphatic carbocycles. The highest BCUT2D eigenvalue weighted by atomic mass is 35.5. The summed E-state index contributed by atoms with van der Waals surface area (Å²) in [5.41, 5.74) is 6.37. The molecule has 1 aliphatic heterocycles. The number of aromatic nitrogens is 2.